The van der Waals surface area contributed by atoms with Crippen molar-refractivity contribution in [2.24, 2.45) is 0 Å². The van der Waals surface area contributed by atoms with Crippen LogP contribution in [-0.4, -0.2) is 18.7 Å². The lowest BCUT2D eigenvalue weighted by molar-refractivity contribution is -0.123. The number of rotatable bonds is 4. The molecule has 2 aliphatic heterocycles. The number of hydrazine groups is 1. The maximum Gasteiger partial charge on any atom is 0.238 e. The van der Waals surface area contributed by atoms with Gasteiger partial charge in [-0.15, -0.1) is 0 Å². The second kappa shape index (κ2) is 6.92. The van der Waals surface area contributed by atoms with E-state index in [1.807, 2.05) is 42.5 Å². The van der Waals surface area contributed by atoms with Crippen molar-refractivity contribution in [2.45, 2.75) is 25.0 Å². The molecule has 4 rings (SSSR count). The number of benzene rings is 2. The Hall–Kier alpha value is -2.28. The number of amides is 1. The molecule has 0 bridgehead atoms. The minimum absolute atomic E-state index is 0.0466. The van der Waals surface area contributed by atoms with Crippen LogP contribution >= 0.6 is 11.6 Å². The van der Waals surface area contributed by atoms with Crippen molar-refractivity contribution >= 4 is 17.5 Å². The molecule has 0 aliphatic carbocycles. The lowest BCUT2D eigenvalue weighted by Gasteiger charge is -2.11. The van der Waals surface area contributed by atoms with E-state index in [0.717, 1.165) is 16.9 Å². The highest BCUT2D eigenvalue weighted by Crippen LogP contribution is 2.32. The van der Waals surface area contributed by atoms with Gasteiger partial charge in [-0.2, -0.15) is 0 Å². The van der Waals surface area contributed by atoms with Gasteiger partial charge in [-0.25, -0.2) is 10.9 Å². The van der Waals surface area contributed by atoms with Crippen molar-refractivity contribution in [3.63, 3.8) is 0 Å². The predicted molar refractivity (Wildman–Crippen MR) is 93.3 cm³/mol. The number of fused-ring (bicyclic) bond motifs is 1. The third-order valence-corrected chi connectivity index (χ3v) is 4.61. The Labute approximate surface area is 150 Å². The molecule has 2 aromatic rings. The second-order valence-electron chi connectivity index (χ2n) is 6.09. The van der Waals surface area contributed by atoms with E-state index in [1.54, 1.807) is 0 Å². The van der Waals surface area contributed by atoms with Gasteiger partial charge in [-0.3, -0.25) is 4.79 Å². The molecule has 6 nitrogen and oxygen atoms in total. The van der Waals surface area contributed by atoms with Gasteiger partial charge in [-0.05, 0) is 41.8 Å². The van der Waals surface area contributed by atoms with Crippen molar-refractivity contribution in [3.05, 3.63) is 58.6 Å². The number of hydrogen-bond donors (Lipinski definition) is 3. The van der Waals surface area contributed by atoms with Gasteiger partial charge in [0.15, 0.2) is 11.5 Å². The molecule has 2 unspecified atom stereocenters. The molecule has 2 aromatic carbocycles. The predicted octanol–water partition coefficient (Wildman–Crippen LogP) is 2.29. The number of nitrogens with one attached hydrogen (secondary N) is 3. The molecule has 0 radical (unpaired) electrons. The SMILES string of the molecule is O=C(NCc1ccc2c(c1)OCO2)C1CC(c2cccc(Cl)c2)NN1. The Kier molecular flexibility index (Phi) is 4.48. The molecule has 25 heavy (non-hydrogen) atoms. The standard InChI is InChI=1S/C18H18ClN3O3/c19-13-3-1-2-12(7-13)14-8-15(22-21-14)18(23)20-9-11-4-5-16-17(6-11)25-10-24-16/h1-7,14-15,21-22H,8-10H2,(H,20,23). The average Bonchev–Trinajstić information content (AvgIpc) is 3.28. The fourth-order valence-electron chi connectivity index (χ4n) is 3.03. The van der Waals surface area contributed by atoms with Crippen LogP contribution in [0.15, 0.2) is 42.5 Å². The van der Waals surface area contributed by atoms with Gasteiger partial charge >= 0.3 is 0 Å². The van der Waals surface area contributed by atoms with Crippen molar-refractivity contribution in [1.29, 1.82) is 0 Å². The van der Waals surface area contributed by atoms with Crippen molar-refractivity contribution < 1.29 is 14.3 Å². The van der Waals surface area contributed by atoms with Crippen LogP contribution in [0.3, 0.4) is 0 Å². The van der Waals surface area contributed by atoms with E-state index in [1.165, 1.54) is 0 Å². The van der Waals surface area contributed by atoms with Crippen molar-refractivity contribution in [3.8, 4) is 11.5 Å². The monoisotopic (exact) mass is 359 g/mol. The molecule has 0 aromatic heterocycles. The van der Waals surface area contributed by atoms with Crippen molar-refractivity contribution in [1.82, 2.24) is 16.2 Å². The molecule has 2 heterocycles. The van der Waals surface area contributed by atoms with E-state index in [-0.39, 0.29) is 24.8 Å². The van der Waals surface area contributed by atoms with Gasteiger partial charge in [0.25, 0.3) is 0 Å². The molecule has 130 valence electrons. The van der Waals surface area contributed by atoms with Crippen LogP contribution in [0.2, 0.25) is 5.02 Å². The van der Waals surface area contributed by atoms with E-state index >= 15 is 0 Å². The smallest absolute Gasteiger partial charge is 0.238 e. The number of halogens is 1. The highest BCUT2D eigenvalue weighted by molar-refractivity contribution is 6.30. The minimum Gasteiger partial charge on any atom is -0.454 e. The van der Waals surface area contributed by atoms with Crippen LogP contribution in [0, 0.1) is 0 Å². The first-order chi connectivity index (χ1) is 12.2. The van der Waals surface area contributed by atoms with Gasteiger partial charge in [0, 0.05) is 17.6 Å². The van der Waals surface area contributed by atoms with Crippen LogP contribution in [0.5, 0.6) is 11.5 Å². The van der Waals surface area contributed by atoms with E-state index < -0.39 is 0 Å². The number of ether oxygens (including phenoxy) is 2. The van der Waals surface area contributed by atoms with E-state index in [4.69, 9.17) is 21.1 Å². The Morgan fingerprint density at radius 1 is 1.16 bits per heavy atom. The normalized spacial score (nSPS) is 21.3. The summed E-state index contributed by atoms with van der Waals surface area (Å²) in [6, 6.07) is 13.1. The van der Waals surface area contributed by atoms with Gasteiger partial charge < -0.3 is 14.8 Å². The highest BCUT2D eigenvalue weighted by Gasteiger charge is 2.30. The first kappa shape index (κ1) is 16.2. The van der Waals surface area contributed by atoms with Gasteiger partial charge in [0.2, 0.25) is 12.7 Å². The minimum atomic E-state index is -0.294. The maximum atomic E-state index is 12.4. The maximum absolute atomic E-state index is 12.4. The molecular weight excluding hydrogens is 342 g/mol. The van der Waals surface area contributed by atoms with Gasteiger partial charge in [-0.1, -0.05) is 29.8 Å². The average molecular weight is 360 g/mol. The zero-order valence-corrected chi connectivity index (χ0v) is 14.2. The van der Waals surface area contributed by atoms with Crippen LogP contribution in [-0.2, 0) is 11.3 Å². The molecule has 7 heteroatoms. The van der Waals surface area contributed by atoms with Crippen LogP contribution < -0.4 is 25.6 Å². The van der Waals surface area contributed by atoms with Gasteiger partial charge in [0.1, 0.15) is 6.04 Å². The van der Waals surface area contributed by atoms with Crippen LogP contribution in [0.4, 0.5) is 0 Å². The summed E-state index contributed by atoms with van der Waals surface area (Å²) >= 11 is 6.03. The summed E-state index contributed by atoms with van der Waals surface area (Å²) in [5.41, 5.74) is 8.24. The first-order valence-electron chi connectivity index (χ1n) is 8.12. The van der Waals surface area contributed by atoms with E-state index in [9.17, 15) is 4.79 Å². The largest absolute Gasteiger partial charge is 0.454 e. The third-order valence-electron chi connectivity index (χ3n) is 4.37. The Morgan fingerprint density at radius 2 is 2.04 bits per heavy atom. The highest BCUT2D eigenvalue weighted by atomic mass is 35.5. The molecule has 1 saturated heterocycles. The second-order valence-corrected chi connectivity index (χ2v) is 6.53. The topological polar surface area (TPSA) is 71.6 Å². The zero-order chi connectivity index (χ0) is 17.2. The third kappa shape index (κ3) is 3.56. The number of hydrogen-bond acceptors (Lipinski definition) is 5. The van der Waals surface area contributed by atoms with Crippen LogP contribution in [0.1, 0.15) is 23.6 Å². The van der Waals surface area contributed by atoms with Crippen molar-refractivity contribution in [2.75, 3.05) is 6.79 Å². The molecular formula is C18H18ClN3O3. The molecule has 2 atom stereocenters. The first-order valence-corrected chi connectivity index (χ1v) is 8.49. The summed E-state index contributed by atoms with van der Waals surface area (Å²) in [6.45, 7) is 0.684. The Balaban J connectivity index is 1.33. The number of carbonyl (C=O) groups is 1. The van der Waals surface area contributed by atoms with E-state index in [0.29, 0.717) is 23.7 Å². The molecule has 0 saturated carbocycles. The summed E-state index contributed by atoms with van der Waals surface area (Å²) in [5.74, 6) is 1.41. The lowest BCUT2D eigenvalue weighted by atomic mass is 10.0. The zero-order valence-electron chi connectivity index (χ0n) is 13.4. The summed E-state index contributed by atoms with van der Waals surface area (Å²) in [7, 11) is 0. The lowest BCUT2D eigenvalue weighted by Crippen LogP contribution is -2.42. The fourth-order valence-corrected chi connectivity index (χ4v) is 3.23. The van der Waals surface area contributed by atoms with Gasteiger partial charge in [0.05, 0.1) is 0 Å². The number of carbonyl (C=O) groups excluding carboxylic acids is 1. The molecule has 0 spiro atoms. The quantitative estimate of drug-likeness (QED) is 0.781. The molecule has 1 amide bonds. The van der Waals surface area contributed by atoms with E-state index in [2.05, 4.69) is 16.2 Å². The van der Waals surface area contributed by atoms with Crippen LogP contribution in [0.25, 0.3) is 0 Å². The summed E-state index contributed by atoms with van der Waals surface area (Å²) in [4.78, 5) is 12.4. The fraction of sp³-hybridized carbons (Fsp3) is 0.278. The summed E-state index contributed by atoms with van der Waals surface area (Å²) in [6.07, 6.45) is 0.660. The Bertz CT molecular complexity index is 799. The molecule has 3 N–H and O–H groups in total. The molecule has 2 aliphatic rings. The molecule has 1 fully saturated rings. The summed E-state index contributed by atoms with van der Waals surface area (Å²) < 4.78 is 10.6. The summed E-state index contributed by atoms with van der Waals surface area (Å²) in [5, 5.41) is 3.64. The Morgan fingerprint density at radius 3 is 2.92 bits per heavy atom.